The van der Waals surface area contributed by atoms with Gasteiger partial charge in [0.25, 0.3) is 0 Å². The second-order valence-electron chi connectivity index (χ2n) is 3.93. The smallest absolute Gasteiger partial charge is 0.320 e. The third-order valence-corrected chi connectivity index (χ3v) is 2.86. The lowest BCUT2D eigenvalue weighted by Crippen LogP contribution is -2.55. The molecule has 2 aliphatic rings. The van der Waals surface area contributed by atoms with Crippen molar-refractivity contribution >= 4 is 6.03 Å². The Hall–Kier alpha value is -0.770. The molecule has 74 valence electrons. The molecule has 13 heavy (non-hydrogen) atoms. The van der Waals surface area contributed by atoms with E-state index in [1.165, 1.54) is 0 Å². The first-order valence-electron chi connectivity index (χ1n) is 4.96. The molecule has 2 aliphatic heterocycles. The molecule has 1 N–H and O–H groups in total. The first-order chi connectivity index (χ1) is 6.31. The van der Waals surface area contributed by atoms with Crippen LogP contribution in [0.25, 0.3) is 0 Å². The van der Waals surface area contributed by atoms with Crippen LogP contribution < -0.4 is 0 Å². The number of aliphatic hydroxyl groups excluding tert-OH is 1. The van der Waals surface area contributed by atoms with Crippen LogP contribution in [0.3, 0.4) is 0 Å². The SMILES string of the molecule is O=C(N1CCCC1)N1CC(CO)C1. The van der Waals surface area contributed by atoms with Crippen molar-refractivity contribution in [2.75, 3.05) is 32.8 Å². The molecule has 2 saturated heterocycles. The van der Waals surface area contributed by atoms with Gasteiger partial charge in [0, 0.05) is 38.7 Å². The third kappa shape index (κ3) is 1.63. The van der Waals surface area contributed by atoms with E-state index >= 15 is 0 Å². The van der Waals surface area contributed by atoms with Crippen molar-refractivity contribution in [1.82, 2.24) is 9.80 Å². The van der Waals surface area contributed by atoms with Gasteiger partial charge >= 0.3 is 6.03 Å². The molecule has 0 radical (unpaired) electrons. The van der Waals surface area contributed by atoms with Gasteiger partial charge in [-0.3, -0.25) is 0 Å². The van der Waals surface area contributed by atoms with Crippen molar-refractivity contribution < 1.29 is 9.90 Å². The average molecular weight is 184 g/mol. The van der Waals surface area contributed by atoms with Crippen molar-refractivity contribution in [3.63, 3.8) is 0 Å². The van der Waals surface area contributed by atoms with Gasteiger partial charge in [0.15, 0.2) is 0 Å². The summed E-state index contributed by atoms with van der Waals surface area (Å²) >= 11 is 0. The van der Waals surface area contributed by atoms with Gasteiger partial charge in [-0.05, 0) is 12.8 Å². The van der Waals surface area contributed by atoms with E-state index in [1.54, 1.807) is 0 Å². The second-order valence-corrected chi connectivity index (χ2v) is 3.93. The minimum absolute atomic E-state index is 0.169. The van der Waals surface area contributed by atoms with Crippen molar-refractivity contribution in [2.45, 2.75) is 12.8 Å². The highest BCUT2D eigenvalue weighted by Gasteiger charge is 2.33. The van der Waals surface area contributed by atoms with Gasteiger partial charge in [-0.15, -0.1) is 0 Å². The fraction of sp³-hybridized carbons (Fsp3) is 0.889. The number of carbonyl (C=O) groups excluding carboxylic acids is 1. The lowest BCUT2D eigenvalue weighted by atomic mass is 10.0. The zero-order chi connectivity index (χ0) is 9.26. The Morgan fingerprint density at radius 1 is 1.23 bits per heavy atom. The number of amides is 2. The molecule has 2 fully saturated rings. The van der Waals surface area contributed by atoms with Crippen molar-refractivity contribution in [3.05, 3.63) is 0 Å². The largest absolute Gasteiger partial charge is 0.396 e. The van der Waals surface area contributed by atoms with Crippen LogP contribution in [-0.2, 0) is 0 Å². The van der Waals surface area contributed by atoms with Gasteiger partial charge in [-0.25, -0.2) is 4.79 Å². The molecule has 0 bridgehead atoms. The predicted molar refractivity (Wildman–Crippen MR) is 48.4 cm³/mol. The Morgan fingerprint density at radius 2 is 1.85 bits per heavy atom. The molecular weight excluding hydrogens is 168 g/mol. The van der Waals surface area contributed by atoms with Gasteiger partial charge in [0.2, 0.25) is 0 Å². The first kappa shape index (κ1) is 8.81. The number of rotatable bonds is 1. The fourth-order valence-electron chi connectivity index (χ4n) is 1.95. The Balaban J connectivity index is 1.78. The van der Waals surface area contributed by atoms with Crippen LogP contribution in [0.1, 0.15) is 12.8 Å². The molecule has 0 spiro atoms. The minimum Gasteiger partial charge on any atom is -0.396 e. The van der Waals surface area contributed by atoms with Crippen LogP contribution in [0.2, 0.25) is 0 Å². The number of hydrogen-bond acceptors (Lipinski definition) is 2. The second kappa shape index (κ2) is 3.54. The average Bonchev–Trinajstić information content (AvgIpc) is 2.53. The zero-order valence-electron chi connectivity index (χ0n) is 7.78. The summed E-state index contributed by atoms with van der Waals surface area (Å²) < 4.78 is 0. The summed E-state index contributed by atoms with van der Waals surface area (Å²) in [6, 6.07) is 0.169. The van der Waals surface area contributed by atoms with Crippen LogP contribution >= 0.6 is 0 Å². The van der Waals surface area contributed by atoms with Crippen LogP contribution in [0, 0.1) is 5.92 Å². The Labute approximate surface area is 78.1 Å². The summed E-state index contributed by atoms with van der Waals surface area (Å²) in [6.07, 6.45) is 2.28. The molecule has 0 atom stereocenters. The van der Waals surface area contributed by atoms with Gasteiger partial charge in [0.05, 0.1) is 0 Å². The maximum atomic E-state index is 11.7. The molecule has 0 aromatic carbocycles. The van der Waals surface area contributed by atoms with E-state index in [2.05, 4.69) is 0 Å². The van der Waals surface area contributed by atoms with Gasteiger partial charge in [0.1, 0.15) is 0 Å². The van der Waals surface area contributed by atoms with E-state index in [4.69, 9.17) is 5.11 Å². The highest BCUT2D eigenvalue weighted by Crippen LogP contribution is 2.19. The number of aliphatic hydroxyl groups is 1. The van der Waals surface area contributed by atoms with Crippen molar-refractivity contribution in [1.29, 1.82) is 0 Å². The summed E-state index contributed by atoms with van der Waals surface area (Å²) in [7, 11) is 0. The number of hydrogen-bond donors (Lipinski definition) is 1. The summed E-state index contributed by atoms with van der Waals surface area (Å²) in [5.41, 5.74) is 0. The van der Waals surface area contributed by atoms with Crippen molar-refractivity contribution in [3.8, 4) is 0 Å². The maximum absolute atomic E-state index is 11.7. The topological polar surface area (TPSA) is 43.8 Å². The van der Waals surface area contributed by atoms with Crippen LogP contribution in [-0.4, -0.2) is 53.7 Å². The van der Waals surface area contributed by atoms with E-state index in [-0.39, 0.29) is 12.6 Å². The van der Waals surface area contributed by atoms with Crippen LogP contribution in [0.5, 0.6) is 0 Å². The molecule has 0 aliphatic carbocycles. The molecule has 2 heterocycles. The highest BCUT2D eigenvalue weighted by atomic mass is 16.3. The number of likely N-dealkylation sites (tertiary alicyclic amines) is 2. The predicted octanol–water partition coefficient (Wildman–Crippen LogP) is 0.126. The van der Waals surface area contributed by atoms with Gasteiger partial charge < -0.3 is 14.9 Å². The lowest BCUT2D eigenvalue weighted by Gasteiger charge is -2.40. The summed E-state index contributed by atoms with van der Waals surface area (Å²) in [5, 5.41) is 8.80. The number of carbonyl (C=O) groups is 1. The summed E-state index contributed by atoms with van der Waals surface area (Å²) in [6.45, 7) is 3.53. The molecule has 0 aromatic heterocycles. The zero-order valence-corrected chi connectivity index (χ0v) is 7.78. The molecule has 4 nitrogen and oxygen atoms in total. The van der Waals surface area contributed by atoms with E-state index in [0.29, 0.717) is 5.92 Å². The Kier molecular flexibility index (Phi) is 2.40. The molecular formula is C9H16N2O2. The Bertz CT molecular complexity index is 196. The maximum Gasteiger partial charge on any atom is 0.320 e. The van der Waals surface area contributed by atoms with Crippen LogP contribution in [0.15, 0.2) is 0 Å². The quantitative estimate of drug-likeness (QED) is 0.629. The summed E-state index contributed by atoms with van der Waals surface area (Å²) in [4.78, 5) is 15.4. The first-order valence-corrected chi connectivity index (χ1v) is 4.96. The molecule has 2 rings (SSSR count). The molecule has 0 unspecified atom stereocenters. The van der Waals surface area contributed by atoms with E-state index in [1.807, 2.05) is 9.80 Å². The molecule has 0 saturated carbocycles. The third-order valence-electron chi connectivity index (χ3n) is 2.86. The fourth-order valence-corrected chi connectivity index (χ4v) is 1.95. The summed E-state index contributed by atoms with van der Waals surface area (Å²) in [5.74, 6) is 0.326. The normalized spacial score (nSPS) is 23.5. The lowest BCUT2D eigenvalue weighted by molar-refractivity contribution is 0.0627. The number of nitrogens with zero attached hydrogens (tertiary/aromatic N) is 2. The molecule has 2 amide bonds. The number of urea groups is 1. The molecule has 4 heteroatoms. The van der Waals surface area contributed by atoms with E-state index in [9.17, 15) is 4.79 Å². The highest BCUT2D eigenvalue weighted by molar-refractivity contribution is 5.75. The van der Waals surface area contributed by atoms with Gasteiger partial charge in [-0.1, -0.05) is 0 Å². The van der Waals surface area contributed by atoms with E-state index < -0.39 is 0 Å². The Morgan fingerprint density at radius 3 is 2.38 bits per heavy atom. The van der Waals surface area contributed by atoms with Crippen LogP contribution in [0.4, 0.5) is 4.79 Å². The van der Waals surface area contributed by atoms with Crippen molar-refractivity contribution in [2.24, 2.45) is 5.92 Å². The molecule has 0 aromatic rings. The van der Waals surface area contributed by atoms with Gasteiger partial charge in [-0.2, -0.15) is 0 Å². The van der Waals surface area contributed by atoms with E-state index in [0.717, 1.165) is 39.0 Å². The standard InChI is InChI=1S/C9H16N2O2/c12-7-8-5-11(6-8)9(13)10-3-1-2-4-10/h8,12H,1-7H2. The minimum atomic E-state index is 0.169. The monoisotopic (exact) mass is 184 g/mol.